The molecule has 32 heavy (non-hydrogen) atoms. The molecule has 0 bridgehead atoms. The van der Waals surface area contributed by atoms with Crippen LogP contribution in [0.15, 0.2) is 89.8 Å². The molecule has 4 nitrogen and oxygen atoms in total. The molecule has 0 atom stereocenters. The van der Waals surface area contributed by atoms with E-state index in [1.165, 1.54) is 10.5 Å². The van der Waals surface area contributed by atoms with Gasteiger partial charge in [-0.3, -0.25) is 14.5 Å². The van der Waals surface area contributed by atoms with E-state index in [-0.39, 0.29) is 18.4 Å². The number of benzene rings is 4. The molecule has 0 unspecified atom stereocenters. The molecule has 4 aromatic carbocycles. The molecule has 2 amide bonds. The molecule has 4 aromatic rings. The molecule has 5 rings (SSSR count). The first kappa shape index (κ1) is 20.3. The lowest BCUT2D eigenvalue weighted by atomic mass is 10.1. The van der Waals surface area contributed by atoms with Crippen molar-refractivity contribution in [2.45, 2.75) is 17.6 Å². The van der Waals surface area contributed by atoms with Crippen molar-refractivity contribution in [2.75, 3.05) is 16.8 Å². The van der Waals surface area contributed by atoms with Gasteiger partial charge in [0.1, 0.15) is 6.54 Å². The first-order valence-corrected chi connectivity index (χ1v) is 11.5. The minimum Gasteiger partial charge on any atom is -0.324 e. The Morgan fingerprint density at radius 3 is 2.50 bits per heavy atom. The van der Waals surface area contributed by atoms with Crippen LogP contribution in [0.1, 0.15) is 21.5 Å². The van der Waals surface area contributed by atoms with Crippen molar-refractivity contribution in [1.82, 2.24) is 0 Å². The molecule has 158 valence electrons. The van der Waals surface area contributed by atoms with Crippen molar-refractivity contribution in [3.63, 3.8) is 0 Å². The topological polar surface area (TPSA) is 49.4 Å². The molecular weight excluding hydrogens is 416 g/mol. The normalized spacial score (nSPS) is 12.4. The summed E-state index contributed by atoms with van der Waals surface area (Å²) in [7, 11) is 0. The standard InChI is InChI=1S/C27H22N2O2S/c1-18-15-19(17-32-21-9-3-2-4-10-21)13-14-23(18)28-25(30)16-29-24-12-6-8-20-7-5-11-22(26(20)24)27(29)31/h2-15H,16-17H2,1H3,(H,28,30). The summed E-state index contributed by atoms with van der Waals surface area (Å²) < 4.78 is 0. The highest BCUT2D eigenvalue weighted by atomic mass is 32.2. The Bertz CT molecular complexity index is 1330. The third-order valence-corrected chi connectivity index (χ3v) is 6.75. The number of nitrogens with zero attached hydrogens (tertiary/aromatic N) is 1. The highest BCUT2D eigenvalue weighted by Crippen LogP contribution is 2.37. The smallest absolute Gasteiger partial charge is 0.259 e. The second-order valence-corrected chi connectivity index (χ2v) is 8.92. The zero-order chi connectivity index (χ0) is 22.1. The van der Waals surface area contributed by atoms with Crippen LogP contribution >= 0.6 is 11.8 Å². The Morgan fingerprint density at radius 2 is 1.72 bits per heavy atom. The van der Waals surface area contributed by atoms with Gasteiger partial charge in [0.05, 0.1) is 5.69 Å². The summed E-state index contributed by atoms with van der Waals surface area (Å²) in [5.41, 5.74) is 4.42. The Hall–Kier alpha value is -3.57. The number of thioether (sulfide) groups is 1. The van der Waals surface area contributed by atoms with Gasteiger partial charge in [-0.15, -0.1) is 11.8 Å². The maximum absolute atomic E-state index is 12.9. The summed E-state index contributed by atoms with van der Waals surface area (Å²) in [6.07, 6.45) is 0. The van der Waals surface area contributed by atoms with Crippen LogP contribution in [-0.2, 0) is 10.5 Å². The van der Waals surface area contributed by atoms with Crippen molar-refractivity contribution >= 4 is 45.7 Å². The van der Waals surface area contributed by atoms with Crippen LogP contribution < -0.4 is 10.2 Å². The monoisotopic (exact) mass is 438 g/mol. The maximum Gasteiger partial charge on any atom is 0.259 e. The summed E-state index contributed by atoms with van der Waals surface area (Å²) in [5, 5.41) is 4.91. The van der Waals surface area contributed by atoms with Crippen molar-refractivity contribution in [3.8, 4) is 0 Å². The molecule has 5 heteroatoms. The quantitative estimate of drug-likeness (QED) is 0.374. The van der Waals surface area contributed by atoms with Crippen molar-refractivity contribution in [2.24, 2.45) is 0 Å². The third-order valence-electron chi connectivity index (χ3n) is 5.66. The highest BCUT2D eigenvalue weighted by molar-refractivity contribution is 7.98. The molecule has 1 N–H and O–H groups in total. The van der Waals surface area contributed by atoms with Gasteiger partial charge in [0.25, 0.3) is 5.91 Å². The average Bonchev–Trinajstić information content (AvgIpc) is 3.08. The van der Waals surface area contributed by atoms with Crippen LogP contribution in [-0.4, -0.2) is 18.4 Å². The summed E-state index contributed by atoms with van der Waals surface area (Å²) in [6, 6.07) is 27.9. The van der Waals surface area contributed by atoms with E-state index in [0.717, 1.165) is 33.5 Å². The van der Waals surface area contributed by atoms with Gasteiger partial charge in [-0.2, -0.15) is 0 Å². The lowest BCUT2D eigenvalue weighted by Crippen LogP contribution is -2.35. The van der Waals surface area contributed by atoms with Gasteiger partial charge in [0.15, 0.2) is 0 Å². The first-order valence-electron chi connectivity index (χ1n) is 10.5. The summed E-state index contributed by atoms with van der Waals surface area (Å²) in [5.74, 6) is 0.526. The van der Waals surface area contributed by atoms with Crippen molar-refractivity contribution in [1.29, 1.82) is 0 Å². The predicted molar refractivity (Wildman–Crippen MR) is 131 cm³/mol. The number of hydrogen-bond acceptors (Lipinski definition) is 3. The number of carbonyl (C=O) groups is 2. The molecule has 0 saturated heterocycles. The molecule has 1 aliphatic rings. The van der Waals surface area contributed by atoms with Crippen LogP contribution in [0.5, 0.6) is 0 Å². The summed E-state index contributed by atoms with van der Waals surface area (Å²) in [6.45, 7) is 1.97. The second-order valence-electron chi connectivity index (χ2n) is 7.87. The Morgan fingerprint density at radius 1 is 0.938 bits per heavy atom. The van der Waals surface area contributed by atoms with Crippen LogP contribution in [0.4, 0.5) is 11.4 Å². The number of carbonyl (C=O) groups excluding carboxylic acids is 2. The van der Waals surface area contributed by atoms with E-state index in [1.807, 2.05) is 73.7 Å². The van der Waals surface area contributed by atoms with Gasteiger partial charge >= 0.3 is 0 Å². The van der Waals surface area contributed by atoms with Gasteiger partial charge in [-0.05, 0) is 53.8 Å². The molecule has 0 saturated carbocycles. The fourth-order valence-corrected chi connectivity index (χ4v) is 4.97. The number of hydrogen-bond donors (Lipinski definition) is 1. The van der Waals surface area contributed by atoms with E-state index in [9.17, 15) is 9.59 Å². The first-order chi connectivity index (χ1) is 15.6. The molecule has 1 aliphatic heterocycles. The molecule has 0 spiro atoms. The van der Waals surface area contributed by atoms with Crippen LogP contribution in [0.2, 0.25) is 0 Å². The largest absolute Gasteiger partial charge is 0.324 e. The summed E-state index contributed by atoms with van der Waals surface area (Å²) >= 11 is 1.78. The number of aryl methyl sites for hydroxylation is 1. The second kappa shape index (κ2) is 8.52. The molecule has 0 aromatic heterocycles. The molecule has 0 aliphatic carbocycles. The van der Waals surface area contributed by atoms with Crippen LogP contribution in [0, 0.1) is 6.92 Å². The van der Waals surface area contributed by atoms with Gasteiger partial charge in [0.2, 0.25) is 5.91 Å². The number of nitrogens with one attached hydrogen (secondary N) is 1. The van der Waals surface area contributed by atoms with Crippen molar-refractivity contribution in [3.05, 3.63) is 102 Å². The van der Waals surface area contributed by atoms with E-state index in [1.54, 1.807) is 16.7 Å². The van der Waals surface area contributed by atoms with E-state index in [2.05, 4.69) is 23.5 Å². The number of rotatable bonds is 6. The maximum atomic E-state index is 12.9. The number of anilines is 2. The van der Waals surface area contributed by atoms with Gasteiger partial charge in [0, 0.05) is 27.3 Å². The Labute approximate surface area is 191 Å². The number of amides is 2. The van der Waals surface area contributed by atoms with Crippen LogP contribution in [0.3, 0.4) is 0 Å². The molecule has 0 fully saturated rings. The lowest BCUT2D eigenvalue weighted by Gasteiger charge is -2.18. The molecule has 0 radical (unpaired) electrons. The zero-order valence-corrected chi connectivity index (χ0v) is 18.5. The average molecular weight is 439 g/mol. The van der Waals surface area contributed by atoms with Gasteiger partial charge < -0.3 is 5.32 Å². The lowest BCUT2D eigenvalue weighted by molar-refractivity contribution is -0.114. The highest BCUT2D eigenvalue weighted by Gasteiger charge is 2.30. The van der Waals surface area contributed by atoms with Crippen molar-refractivity contribution < 1.29 is 9.59 Å². The zero-order valence-electron chi connectivity index (χ0n) is 17.7. The fourth-order valence-electron chi connectivity index (χ4n) is 4.11. The van der Waals surface area contributed by atoms with E-state index < -0.39 is 0 Å². The summed E-state index contributed by atoms with van der Waals surface area (Å²) in [4.78, 5) is 28.5. The molecule has 1 heterocycles. The SMILES string of the molecule is Cc1cc(CSc2ccccc2)ccc1NC(=O)CN1C(=O)c2cccc3cccc1c23. The Balaban J connectivity index is 1.27. The van der Waals surface area contributed by atoms with E-state index in [0.29, 0.717) is 5.56 Å². The minimum absolute atomic E-state index is 0.0162. The van der Waals surface area contributed by atoms with E-state index in [4.69, 9.17) is 0 Å². The van der Waals surface area contributed by atoms with Gasteiger partial charge in [-0.1, -0.05) is 54.6 Å². The van der Waals surface area contributed by atoms with Crippen LogP contribution in [0.25, 0.3) is 10.8 Å². The fraction of sp³-hybridized carbons (Fsp3) is 0.111. The van der Waals surface area contributed by atoms with Gasteiger partial charge in [-0.25, -0.2) is 0 Å². The molecular formula is C27H22N2O2S. The predicted octanol–water partition coefficient (Wildman–Crippen LogP) is 6.04. The Kier molecular flexibility index (Phi) is 5.41. The third kappa shape index (κ3) is 3.87. The minimum atomic E-state index is -0.210. The van der Waals surface area contributed by atoms with E-state index >= 15 is 0 Å².